The molecule has 0 aliphatic heterocycles. The minimum atomic E-state index is -0.917. The standard InChI is InChI=1S/C20H24O2/c1-19(2,3)15-12-10-14(11-13-15)16-8-6-7-9-17(16)20(4,5)18(21)22/h6-13H,1-5H3,(H,21,22). The van der Waals surface area contributed by atoms with Gasteiger partial charge in [-0.1, -0.05) is 69.3 Å². The molecule has 0 fully saturated rings. The van der Waals surface area contributed by atoms with Crippen LogP contribution in [0.2, 0.25) is 0 Å². The summed E-state index contributed by atoms with van der Waals surface area (Å²) in [7, 11) is 0. The summed E-state index contributed by atoms with van der Waals surface area (Å²) in [5, 5.41) is 9.52. The van der Waals surface area contributed by atoms with Crippen molar-refractivity contribution in [3.8, 4) is 11.1 Å². The third-order valence-electron chi connectivity index (χ3n) is 4.20. The lowest BCUT2D eigenvalue weighted by molar-refractivity contribution is -0.142. The van der Waals surface area contributed by atoms with Crippen LogP contribution in [0.25, 0.3) is 11.1 Å². The van der Waals surface area contributed by atoms with Crippen LogP contribution in [0.4, 0.5) is 0 Å². The number of hydrogen-bond donors (Lipinski definition) is 1. The van der Waals surface area contributed by atoms with Crippen molar-refractivity contribution < 1.29 is 9.90 Å². The predicted octanol–water partition coefficient (Wildman–Crippen LogP) is 5.01. The highest BCUT2D eigenvalue weighted by atomic mass is 16.4. The Morgan fingerprint density at radius 2 is 1.41 bits per heavy atom. The largest absolute Gasteiger partial charge is 0.481 e. The highest BCUT2D eigenvalue weighted by Gasteiger charge is 2.31. The fourth-order valence-electron chi connectivity index (χ4n) is 2.54. The molecule has 0 spiro atoms. The van der Waals surface area contributed by atoms with E-state index in [1.54, 1.807) is 13.8 Å². The third kappa shape index (κ3) is 3.06. The van der Waals surface area contributed by atoms with E-state index in [1.165, 1.54) is 5.56 Å². The van der Waals surface area contributed by atoms with Crippen molar-refractivity contribution in [3.05, 3.63) is 59.7 Å². The molecule has 0 unspecified atom stereocenters. The van der Waals surface area contributed by atoms with Crippen molar-refractivity contribution in [2.75, 3.05) is 0 Å². The van der Waals surface area contributed by atoms with Crippen molar-refractivity contribution in [1.29, 1.82) is 0 Å². The average Bonchev–Trinajstić information content (AvgIpc) is 2.46. The maximum atomic E-state index is 11.6. The second-order valence-corrected chi connectivity index (χ2v) is 7.30. The van der Waals surface area contributed by atoms with Crippen LogP contribution >= 0.6 is 0 Å². The Labute approximate surface area is 132 Å². The number of carboxylic acid groups (broad SMARTS) is 1. The van der Waals surface area contributed by atoms with Crippen molar-refractivity contribution in [1.82, 2.24) is 0 Å². The fourth-order valence-corrected chi connectivity index (χ4v) is 2.54. The molecule has 2 heteroatoms. The molecular formula is C20H24O2. The summed E-state index contributed by atoms with van der Waals surface area (Å²) >= 11 is 0. The Balaban J connectivity index is 2.53. The molecule has 0 aliphatic rings. The van der Waals surface area contributed by atoms with Crippen LogP contribution in [0.3, 0.4) is 0 Å². The smallest absolute Gasteiger partial charge is 0.313 e. The minimum Gasteiger partial charge on any atom is -0.481 e. The predicted molar refractivity (Wildman–Crippen MR) is 91.2 cm³/mol. The summed E-state index contributed by atoms with van der Waals surface area (Å²) in [6, 6.07) is 16.2. The maximum Gasteiger partial charge on any atom is 0.313 e. The molecule has 0 heterocycles. The minimum absolute atomic E-state index is 0.110. The molecule has 0 aliphatic carbocycles. The lowest BCUT2D eigenvalue weighted by Crippen LogP contribution is -2.29. The molecule has 2 rings (SSSR count). The van der Waals surface area contributed by atoms with E-state index < -0.39 is 11.4 Å². The van der Waals surface area contributed by atoms with Crippen molar-refractivity contribution >= 4 is 5.97 Å². The van der Waals surface area contributed by atoms with Gasteiger partial charge in [-0.15, -0.1) is 0 Å². The average molecular weight is 296 g/mol. The lowest BCUT2D eigenvalue weighted by atomic mass is 9.79. The number of carboxylic acids is 1. The number of hydrogen-bond acceptors (Lipinski definition) is 1. The van der Waals surface area contributed by atoms with E-state index in [1.807, 2.05) is 24.3 Å². The van der Waals surface area contributed by atoms with Crippen LogP contribution in [0.5, 0.6) is 0 Å². The van der Waals surface area contributed by atoms with Crippen molar-refractivity contribution in [3.63, 3.8) is 0 Å². The van der Waals surface area contributed by atoms with E-state index in [4.69, 9.17) is 0 Å². The zero-order valence-electron chi connectivity index (χ0n) is 14.0. The monoisotopic (exact) mass is 296 g/mol. The topological polar surface area (TPSA) is 37.3 Å². The first kappa shape index (κ1) is 16.3. The Kier molecular flexibility index (Phi) is 4.15. The summed E-state index contributed by atoms with van der Waals surface area (Å²) in [5.74, 6) is -0.814. The molecule has 2 aromatic carbocycles. The highest BCUT2D eigenvalue weighted by Crippen LogP contribution is 2.34. The Morgan fingerprint density at radius 1 is 0.864 bits per heavy atom. The second-order valence-electron chi connectivity index (χ2n) is 7.30. The van der Waals surface area contributed by atoms with Gasteiger partial charge in [-0.25, -0.2) is 0 Å². The first-order valence-electron chi connectivity index (χ1n) is 7.58. The molecule has 116 valence electrons. The van der Waals surface area contributed by atoms with E-state index >= 15 is 0 Å². The normalized spacial score (nSPS) is 12.2. The fraction of sp³-hybridized carbons (Fsp3) is 0.350. The lowest BCUT2D eigenvalue weighted by Gasteiger charge is -2.24. The van der Waals surface area contributed by atoms with Gasteiger partial charge in [0.2, 0.25) is 0 Å². The van der Waals surface area contributed by atoms with Crippen LogP contribution < -0.4 is 0 Å². The molecule has 0 amide bonds. The van der Waals surface area contributed by atoms with Gasteiger partial charge in [0.1, 0.15) is 0 Å². The Bertz CT molecular complexity index is 674. The maximum absolute atomic E-state index is 11.6. The van der Waals surface area contributed by atoms with Crippen LogP contribution in [0.1, 0.15) is 45.7 Å². The van der Waals surface area contributed by atoms with E-state index in [-0.39, 0.29) is 5.41 Å². The summed E-state index contributed by atoms with van der Waals surface area (Å²) < 4.78 is 0. The van der Waals surface area contributed by atoms with Gasteiger partial charge < -0.3 is 5.11 Å². The van der Waals surface area contributed by atoms with Gasteiger partial charge in [-0.3, -0.25) is 4.79 Å². The molecule has 1 N–H and O–H groups in total. The number of benzene rings is 2. The first-order chi connectivity index (χ1) is 10.1. The van der Waals surface area contributed by atoms with Crippen LogP contribution in [-0.2, 0) is 15.6 Å². The van der Waals surface area contributed by atoms with Gasteiger partial charge in [-0.05, 0) is 41.5 Å². The second kappa shape index (κ2) is 5.60. The van der Waals surface area contributed by atoms with Gasteiger partial charge in [-0.2, -0.15) is 0 Å². The van der Waals surface area contributed by atoms with Crippen LogP contribution in [0, 0.1) is 0 Å². The molecule has 0 atom stereocenters. The van der Waals surface area contributed by atoms with Gasteiger partial charge in [0.15, 0.2) is 0 Å². The quantitative estimate of drug-likeness (QED) is 0.864. The van der Waals surface area contributed by atoms with Gasteiger partial charge in [0.05, 0.1) is 5.41 Å². The Hall–Kier alpha value is -2.09. The molecule has 0 saturated heterocycles. The van der Waals surface area contributed by atoms with Gasteiger partial charge in [0.25, 0.3) is 0 Å². The molecule has 0 aromatic heterocycles. The number of rotatable bonds is 3. The zero-order chi connectivity index (χ0) is 16.5. The van der Waals surface area contributed by atoms with Crippen molar-refractivity contribution in [2.45, 2.75) is 45.4 Å². The highest BCUT2D eigenvalue weighted by molar-refractivity contribution is 5.84. The van der Waals surface area contributed by atoms with E-state index in [2.05, 4.69) is 45.0 Å². The summed E-state index contributed by atoms with van der Waals surface area (Å²) in [6.45, 7) is 10.0. The number of aliphatic carboxylic acids is 1. The molecule has 2 nitrogen and oxygen atoms in total. The molecule has 22 heavy (non-hydrogen) atoms. The van der Waals surface area contributed by atoms with Gasteiger partial charge >= 0.3 is 5.97 Å². The van der Waals surface area contributed by atoms with Crippen LogP contribution in [0.15, 0.2) is 48.5 Å². The van der Waals surface area contributed by atoms with Crippen LogP contribution in [-0.4, -0.2) is 11.1 Å². The Morgan fingerprint density at radius 3 is 1.91 bits per heavy atom. The van der Waals surface area contributed by atoms with E-state index in [0.717, 1.165) is 16.7 Å². The first-order valence-corrected chi connectivity index (χ1v) is 7.58. The molecule has 0 saturated carbocycles. The molecule has 0 radical (unpaired) electrons. The molecule has 2 aromatic rings. The SMILES string of the molecule is CC(C)(C)c1ccc(-c2ccccc2C(C)(C)C(=O)O)cc1. The summed E-state index contributed by atoms with van der Waals surface area (Å²) in [5.41, 5.74) is 3.34. The van der Waals surface area contributed by atoms with E-state index in [0.29, 0.717) is 0 Å². The summed E-state index contributed by atoms with van der Waals surface area (Å²) in [4.78, 5) is 11.6. The number of carbonyl (C=O) groups is 1. The molecular weight excluding hydrogens is 272 g/mol. The zero-order valence-corrected chi connectivity index (χ0v) is 14.0. The van der Waals surface area contributed by atoms with Crippen molar-refractivity contribution in [2.24, 2.45) is 0 Å². The third-order valence-corrected chi connectivity index (χ3v) is 4.20. The van der Waals surface area contributed by atoms with E-state index in [9.17, 15) is 9.90 Å². The summed E-state index contributed by atoms with van der Waals surface area (Å²) in [6.07, 6.45) is 0. The molecule has 0 bridgehead atoms. The van der Waals surface area contributed by atoms with Gasteiger partial charge in [0, 0.05) is 0 Å².